The Morgan fingerprint density at radius 1 is 1.14 bits per heavy atom. The molecule has 5 rings (SSSR count). The van der Waals surface area contributed by atoms with Crippen LogP contribution in [0.3, 0.4) is 0 Å². The van der Waals surface area contributed by atoms with Crippen molar-refractivity contribution in [1.29, 1.82) is 0 Å². The smallest absolute Gasteiger partial charge is 0.412 e. The number of nitrogens with two attached hydrogens (primary N) is 1. The van der Waals surface area contributed by atoms with Gasteiger partial charge in [-0.2, -0.15) is 0 Å². The second kappa shape index (κ2) is 9.70. The summed E-state index contributed by atoms with van der Waals surface area (Å²) in [5.41, 5.74) is 12.1. The van der Waals surface area contributed by atoms with Gasteiger partial charge >= 0.3 is 6.09 Å². The monoisotopic (exact) mass is 470 g/mol. The lowest BCUT2D eigenvalue weighted by atomic mass is 9.92. The van der Waals surface area contributed by atoms with Gasteiger partial charge in [0.2, 0.25) is 0 Å². The minimum atomic E-state index is -0.506. The molecule has 1 fully saturated rings. The number of benzene rings is 2. The number of aromatic nitrogens is 2. The lowest BCUT2D eigenvalue weighted by Gasteiger charge is -2.30. The summed E-state index contributed by atoms with van der Waals surface area (Å²) in [5, 5.41) is 3.85. The number of anilines is 2. The summed E-state index contributed by atoms with van der Waals surface area (Å²) in [4.78, 5) is 16.4. The molecule has 0 aliphatic heterocycles. The minimum absolute atomic E-state index is 0.378. The van der Waals surface area contributed by atoms with Crippen LogP contribution >= 0.6 is 0 Å². The number of nitrogens with zero attached hydrogens (tertiary/aromatic N) is 2. The van der Waals surface area contributed by atoms with Gasteiger partial charge in [-0.15, -0.1) is 0 Å². The Balaban J connectivity index is 1.39. The van der Waals surface area contributed by atoms with Gasteiger partial charge in [-0.05, 0) is 75.1 Å². The molecule has 2 aromatic heterocycles. The summed E-state index contributed by atoms with van der Waals surface area (Å²) in [5.74, 6) is 0.851. The molecule has 1 aliphatic carbocycles. The average molecular weight is 471 g/mol. The third kappa shape index (κ3) is 4.54. The number of nitrogen functional groups attached to an aromatic ring is 1. The number of carbonyl (C=O) groups is 1. The number of hydrogen-bond donors (Lipinski definition) is 2. The number of carbonyl (C=O) groups excluding carboxylic acids is 1. The number of rotatable bonds is 7. The first-order valence-corrected chi connectivity index (χ1v) is 12.1. The van der Waals surface area contributed by atoms with Gasteiger partial charge in [0.15, 0.2) is 0 Å². The Hall–Kier alpha value is -4.00. The van der Waals surface area contributed by atoms with Crippen LogP contribution in [0, 0.1) is 0 Å². The zero-order valence-electron chi connectivity index (χ0n) is 20.0. The molecule has 0 bridgehead atoms. The molecule has 0 spiro atoms. The molecule has 2 heterocycles. The molecule has 4 aromatic rings. The molecule has 1 amide bonds. The number of nitrogens with one attached hydrogen (secondary N) is 1. The third-order valence-corrected chi connectivity index (χ3v) is 6.63. The van der Waals surface area contributed by atoms with Crippen LogP contribution in [0.5, 0.6) is 5.75 Å². The van der Waals surface area contributed by atoms with Crippen molar-refractivity contribution in [2.24, 2.45) is 0 Å². The highest BCUT2D eigenvalue weighted by Gasteiger charge is 2.27. The highest BCUT2D eigenvalue weighted by molar-refractivity contribution is 6.01. The van der Waals surface area contributed by atoms with Crippen molar-refractivity contribution in [3.8, 4) is 17.0 Å². The second-order valence-electron chi connectivity index (χ2n) is 8.86. The second-order valence-corrected chi connectivity index (χ2v) is 8.86. The van der Waals surface area contributed by atoms with E-state index in [0.29, 0.717) is 18.3 Å². The molecule has 35 heavy (non-hydrogen) atoms. The van der Waals surface area contributed by atoms with Gasteiger partial charge in [-0.25, -0.2) is 4.79 Å². The zero-order valence-corrected chi connectivity index (χ0v) is 20.0. The predicted octanol–water partition coefficient (Wildman–Crippen LogP) is 6.72. The van der Waals surface area contributed by atoms with E-state index in [1.165, 1.54) is 6.42 Å². The molecular formula is C28H30N4O3. The van der Waals surface area contributed by atoms with Crippen LogP contribution in [0.2, 0.25) is 0 Å². The SMILES string of the molecule is CCOc1ccc2c(N)c(-c3ccc(NC(=O)O[C@@H](C)c4ccncc4)cc3)n(C3CCC3)c2c1. The first-order valence-electron chi connectivity index (χ1n) is 12.1. The number of hydrogen-bond acceptors (Lipinski definition) is 5. The van der Waals surface area contributed by atoms with Crippen LogP contribution in [0.25, 0.3) is 22.2 Å². The van der Waals surface area contributed by atoms with Crippen LogP contribution < -0.4 is 15.8 Å². The van der Waals surface area contributed by atoms with E-state index in [0.717, 1.165) is 52.0 Å². The van der Waals surface area contributed by atoms with Gasteiger partial charge in [0.25, 0.3) is 0 Å². The summed E-state index contributed by atoms with van der Waals surface area (Å²) in [6.07, 6.45) is 5.96. The first kappa shape index (κ1) is 22.8. The Kier molecular flexibility index (Phi) is 6.31. The van der Waals surface area contributed by atoms with Gasteiger partial charge in [0.1, 0.15) is 11.9 Å². The highest BCUT2D eigenvalue weighted by atomic mass is 16.6. The van der Waals surface area contributed by atoms with E-state index in [2.05, 4.69) is 20.9 Å². The quantitative estimate of drug-likeness (QED) is 0.313. The fourth-order valence-corrected chi connectivity index (χ4v) is 4.61. The van der Waals surface area contributed by atoms with E-state index in [1.54, 1.807) is 12.4 Å². The number of pyridine rings is 1. The standard InChI is InChI=1S/C28H30N4O3/c1-3-34-23-11-12-24-25(17-23)32(22-5-4-6-22)27(26(24)29)20-7-9-21(10-8-20)31-28(33)35-18(2)19-13-15-30-16-14-19/h7-18,22H,3-6,29H2,1-2H3,(H,31,33)/t18-/m0/s1. The van der Waals surface area contributed by atoms with Crippen LogP contribution in [-0.4, -0.2) is 22.3 Å². The van der Waals surface area contributed by atoms with E-state index in [9.17, 15) is 4.79 Å². The van der Waals surface area contributed by atoms with Crippen molar-refractivity contribution < 1.29 is 14.3 Å². The summed E-state index contributed by atoms with van der Waals surface area (Å²) < 4.78 is 13.6. The topological polar surface area (TPSA) is 91.4 Å². The Labute approximate surface area is 204 Å². The first-order chi connectivity index (χ1) is 17.0. The van der Waals surface area contributed by atoms with Gasteiger partial charge < -0.3 is 19.8 Å². The van der Waals surface area contributed by atoms with E-state index in [1.807, 2.05) is 62.4 Å². The van der Waals surface area contributed by atoms with E-state index >= 15 is 0 Å². The van der Waals surface area contributed by atoms with Gasteiger partial charge in [-0.1, -0.05) is 12.1 Å². The van der Waals surface area contributed by atoms with Crippen molar-refractivity contribution in [3.63, 3.8) is 0 Å². The maximum atomic E-state index is 12.4. The molecular weight excluding hydrogens is 440 g/mol. The van der Waals surface area contributed by atoms with E-state index < -0.39 is 6.09 Å². The van der Waals surface area contributed by atoms with Crippen LogP contribution in [-0.2, 0) is 4.74 Å². The molecule has 180 valence electrons. The maximum absolute atomic E-state index is 12.4. The molecule has 1 saturated carbocycles. The van der Waals surface area contributed by atoms with E-state index in [-0.39, 0.29) is 6.10 Å². The lowest BCUT2D eigenvalue weighted by Crippen LogP contribution is -2.18. The van der Waals surface area contributed by atoms with Crippen LogP contribution in [0.1, 0.15) is 50.8 Å². The van der Waals surface area contributed by atoms with Crippen molar-refractivity contribution in [1.82, 2.24) is 9.55 Å². The lowest BCUT2D eigenvalue weighted by molar-refractivity contribution is 0.121. The summed E-state index contributed by atoms with van der Waals surface area (Å²) in [6.45, 7) is 4.44. The van der Waals surface area contributed by atoms with Crippen LogP contribution in [0.15, 0.2) is 67.0 Å². The zero-order chi connectivity index (χ0) is 24.4. The molecule has 0 unspecified atom stereocenters. The van der Waals surface area contributed by atoms with Crippen molar-refractivity contribution in [2.75, 3.05) is 17.7 Å². The third-order valence-electron chi connectivity index (χ3n) is 6.63. The average Bonchev–Trinajstić information content (AvgIpc) is 3.10. The molecule has 7 heteroatoms. The molecule has 2 aromatic carbocycles. The fourth-order valence-electron chi connectivity index (χ4n) is 4.61. The summed E-state index contributed by atoms with van der Waals surface area (Å²) in [6, 6.07) is 17.9. The highest BCUT2D eigenvalue weighted by Crippen LogP contribution is 2.44. The van der Waals surface area contributed by atoms with Gasteiger partial charge in [0.05, 0.1) is 23.5 Å². The molecule has 0 saturated heterocycles. The Bertz CT molecular complexity index is 1330. The largest absolute Gasteiger partial charge is 0.494 e. The number of amides is 1. The molecule has 1 atom stereocenters. The number of fused-ring (bicyclic) bond motifs is 1. The van der Waals surface area contributed by atoms with Crippen molar-refractivity contribution in [2.45, 2.75) is 45.3 Å². The van der Waals surface area contributed by atoms with Gasteiger partial charge in [-0.3, -0.25) is 10.3 Å². The van der Waals surface area contributed by atoms with E-state index in [4.69, 9.17) is 15.2 Å². The van der Waals surface area contributed by atoms with Crippen LogP contribution in [0.4, 0.5) is 16.2 Å². The Morgan fingerprint density at radius 2 is 1.89 bits per heavy atom. The molecule has 3 N–H and O–H groups in total. The predicted molar refractivity (Wildman–Crippen MR) is 139 cm³/mol. The maximum Gasteiger partial charge on any atom is 0.412 e. The molecule has 1 aliphatic rings. The van der Waals surface area contributed by atoms with Crippen molar-refractivity contribution >= 4 is 28.4 Å². The summed E-state index contributed by atoms with van der Waals surface area (Å²) in [7, 11) is 0. The summed E-state index contributed by atoms with van der Waals surface area (Å²) >= 11 is 0. The molecule has 7 nitrogen and oxygen atoms in total. The normalized spacial score (nSPS) is 14.3. The van der Waals surface area contributed by atoms with Gasteiger partial charge in [0, 0.05) is 41.1 Å². The number of ether oxygens (including phenoxy) is 2. The van der Waals surface area contributed by atoms with Crippen molar-refractivity contribution in [3.05, 3.63) is 72.6 Å². The minimum Gasteiger partial charge on any atom is -0.494 e. The molecule has 0 radical (unpaired) electrons. The fraction of sp³-hybridized carbons (Fsp3) is 0.286. The Morgan fingerprint density at radius 3 is 2.54 bits per heavy atom.